The maximum Gasteiger partial charge on any atom is 1.00 e. The molecule has 0 saturated carbocycles. The van der Waals surface area contributed by atoms with Gasteiger partial charge in [0.1, 0.15) is 5.75 Å². The summed E-state index contributed by atoms with van der Waals surface area (Å²) in [5, 5.41) is 0. The van der Waals surface area contributed by atoms with Crippen LogP contribution in [-0.4, -0.2) is 25.3 Å². The zero-order chi connectivity index (χ0) is 17.0. The van der Waals surface area contributed by atoms with Crippen molar-refractivity contribution in [3.8, 4) is 5.75 Å². The van der Waals surface area contributed by atoms with Crippen LogP contribution >= 0.6 is 0 Å². The Hall–Kier alpha value is 0.566. The van der Waals surface area contributed by atoms with Gasteiger partial charge in [-0.05, 0) is 41.4 Å². The number of rotatable bonds is 7. The Balaban J connectivity index is 0.00000484. The molecule has 1 rings (SSSR count). The van der Waals surface area contributed by atoms with E-state index in [1.807, 2.05) is 24.3 Å². The molecule has 1 aromatic carbocycles. The summed E-state index contributed by atoms with van der Waals surface area (Å²) in [7, 11) is -4.15. The first-order valence-corrected chi connectivity index (χ1v) is 9.14. The predicted molar refractivity (Wildman–Crippen MR) is 88.2 cm³/mol. The second kappa shape index (κ2) is 9.32. The second-order valence-corrected chi connectivity index (χ2v) is 9.13. The average Bonchev–Trinajstić information content (AvgIpc) is 2.31. The van der Waals surface area contributed by atoms with E-state index in [1.54, 1.807) is 0 Å². The van der Waals surface area contributed by atoms with Crippen molar-refractivity contribution >= 4 is 10.1 Å². The van der Waals surface area contributed by atoms with E-state index in [9.17, 15) is 13.0 Å². The number of ether oxygens (including phenoxy) is 1. The summed E-state index contributed by atoms with van der Waals surface area (Å²) in [5.74, 6) is 0.308. The van der Waals surface area contributed by atoms with Crippen LogP contribution in [0.5, 0.6) is 5.75 Å². The van der Waals surface area contributed by atoms with E-state index in [-0.39, 0.29) is 81.0 Å². The van der Waals surface area contributed by atoms with Gasteiger partial charge >= 0.3 is 51.4 Å². The van der Waals surface area contributed by atoms with Crippen LogP contribution in [-0.2, 0) is 15.5 Å². The van der Waals surface area contributed by atoms with Crippen molar-refractivity contribution in [3.05, 3.63) is 29.8 Å². The molecule has 0 atom stereocenters. The second-order valence-electron chi connectivity index (χ2n) is 7.61. The standard InChI is InChI=1S/C17H28O4S.K/c1-16(2,3)13-17(4,5)14-7-9-15(10-8-14)21-11-6-12-22(18,19)20;/h7-10H,6,11-13H2,1-5H3,(H,18,19,20);/q;+1/p-1. The molecule has 0 amide bonds. The minimum absolute atomic E-state index is 0. The third-order valence-electron chi connectivity index (χ3n) is 3.42. The van der Waals surface area contributed by atoms with Crippen LogP contribution in [0.25, 0.3) is 0 Å². The van der Waals surface area contributed by atoms with Crippen LogP contribution in [0.15, 0.2) is 24.3 Å². The SMILES string of the molecule is CC(C)(C)CC(C)(C)c1ccc(OCCCS(=O)(=O)[O-])cc1.[K+]. The molecule has 0 radical (unpaired) electrons. The average molecular weight is 367 g/mol. The van der Waals surface area contributed by atoms with E-state index in [1.165, 1.54) is 5.56 Å². The van der Waals surface area contributed by atoms with E-state index in [4.69, 9.17) is 4.74 Å². The summed E-state index contributed by atoms with van der Waals surface area (Å²) in [6.45, 7) is 11.4. The van der Waals surface area contributed by atoms with Gasteiger partial charge in [0.15, 0.2) is 0 Å². The first-order valence-electron chi connectivity index (χ1n) is 7.56. The maximum absolute atomic E-state index is 10.5. The number of hydrogen-bond acceptors (Lipinski definition) is 4. The fourth-order valence-corrected chi connectivity index (χ4v) is 3.33. The molecule has 126 valence electrons. The fraction of sp³-hybridized carbons (Fsp3) is 0.647. The molecule has 6 heteroatoms. The Bertz CT molecular complexity index is 572. The molecule has 0 aliphatic rings. The Kier molecular flexibility index (Phi) is 9.54. The quantitative estimate of drug-likeness (QED) is 0.405. The van der Waals surface area contributed by atoms with Crippen LogP contribution in [0, 0.1) is 5.41 Å². The topological polar surface area (TPSA) is 66.4 Å². The molecule has 0 bridgehead atoms. The summed E-state index contributed by atoms with van der Waals surface area (Å²) in [6.07, 6.45) is 1.28. The van der Waals surface area contributed by atoms with E-state index >= 15 is 0 Å². The first-order chi connectivity index (χ1) is 9.89. The van der Waals surface area contributed by atoms with E-state index < -0.39 is 10.1 Å². The molecule has 1 aromatic rings. The molecule has 0 fully saturated rings. The summed E-state index contributed by atoms with van der Waals surface area (Å²) in [6, 6.07) is 7.88. The monoisotopic (exact) mass is 366 g/mol. The molecule has 0 unspecified atom stereocenters. The normalized spacial score (nSPS) is 12.6. The van der Waals surface area contributed by atoms with Crippen LogP contribution < -0.4 is 56.1 Å². The summed E-state index contributed by atoms with van der Waals surface area (Å²) < 4.78 is 37.0. The molecule has 0 aliphatic heterocycles. The van der Waals surface area contributed by atoms with Gasteiger partial charge in [-0.15, -0.1) is 0 Å². The zero-order valence-electron chi connectivity index (χ0n) is 15.2. The van der Waals surface area contributed by atoms with Gasteiger partial charge in [-0.25, -0.2) is 8.42 Å². The molecule has 4 nitrogen and oxygen atoms in total. The van der Waals surface area contributed by atoms with Crippen LogP contribution in [0.3, 0.4) is 0 Å². The van der Waals surface area contributed by atoms with Gasteiger partial charge in [0, 0.05) is 5.75 Å². The van der Waals surface area contributed by atoms with Crippen LogP contribution in [0.1, 0.15) is 53.0 Å². The van der Waals surface area contributed by atoms with Gasteiger partial charge in [-0.2, -0.15) is 0 Å². The Labute approximate surface area is 183 Å². The Morgan fingerprint density at radius 2 is 1.57 bits per heavy atom. The molecular weight excluding hydrogens is 339 g/mol. The molecule has 0 aliphatic carbocycles. The first kappa shape index (κ1) is 23.6. The van der Waals surface area contributed by atoms with Crippen LogP contribution in [0.4, 0.5) is 0 Å². The number of hydrogen-bond donors (Lipinski definition) is 0. The van der Waals surface area contributed by atoms with Gasteiger partial charge < -0.3 is 9.29 Å². The van der Waals surface area contributed by atoms with Crippen molar-refractivity contribution < 1.29 is 69.1 Å². The van der Waals surface area contributed by atoms with Crippen molar-refractivity contribution in [1.82, 2.24) is 0 Å². The Morgan fingerprint density at radius 3 is 2.00 bits per heavy atom. The molecule has 0 N–H and O–H groups in total. The van der Waals surface area contributed by atoms with Crippen molar-refractivity contribution in [2.75, 3.05) is 12.4 Å². The van der Waals surface area contributed by atoms with Gasteiger partial charge in [-0.1, -0.05) is 46.8 Å². The summed E-state index contributed by atoms with van der Waals surface area (Å²) in [4.78, 5) is 0. The molecule has 23 heavy (non-hydrogen) atoms. The van der Waals surface area contributed by atoms with Crippen molar-refractivity contribution in [2.24, 2.45) is 5.41 Å². The minimum atomic E-state index is -4.15. The van der Waals surface area contributed by atoms with E-state index in [2.05, 4.69) is 34.6 Å². The van der Waals surface area contributed by atoms with Gasteiger partial charge in [0.05, 0.1) is 16.7 Å². The maximum atomic E-state index is 10.5. The zero-order valence-corrected chi connectivity index (χ0v) is 19.1. The molecular formula is C17H27KO4S. The number of benzene rings is 1. The van der Waals surface area contributed by atoms with Crippen molar-refractivity contribution in [3.63, 3.8) is 0 Å². The largest absolute Gasteiger partial charge is 1.00 e. The third kappa shape index (κ3) is 10.2. The third-order valence-corrected chi connectivity index (χ3v) is 4.20. The molecule has 0 spiro atoms. The minimum Gasteiger partial charge on any atom is -0.748 e. The van der Waals surface area contributed by atoms with Crippen LogP contribution in [0.2, 0.25) is 0 Å². The smallest absolute Gasteiger partial charge is 0.748 e. The van der Waals surface area contributed by atoms with Crippen molar-refractivity contribution in [2.45, 2.75) is 52.9 Å². The fourth-order valence-electron chi connectivity index (χ4n) is 2.86. The molecule has 0 aromatic heterocycles. The van der Waals surface area contributed by atoms with Gasteiger partial charge in [0.25, 0.3) is 0 Å². The van der Waals surface area contributed by atoms with E-state index in [0.717, 1.165) is 6.42 Å². The summed E-state index contributed by atoms with van der Waals surface area (Å²) in [5.41, 5.74) is 1.58. The molecule has 0 saturated heterocycles. The van der Waals surface area contributed by atoms with Crippen molar-refractivity contribution in [1.29, 1.82) is 0 Å². The molecule has 0 heterocycles. The van der Waals surface area contributed by atoms with Gasteiger partial charge in [0.2, 0.25) is 0 Å². The van der Waals surface area contributed by atoms with E-state index in [0.29, 0.717) is 5.75 Å². The summed E-state index contributed by atoms with van der Waals surface area (Å²) >= 11 is 0. The van der Waals surface area contributed by atoms with Gasteiger partial charge in [-0.3, -0.25) is 0 Å². The Morgan fingerprint density at radius 1 is 1.04 bits per heavy atom. The predicted octanol–water partition coefficient (Wildman–Crippen LogP) is 0.719.